The maximum absolute atomic E-state index is 12.6. The van der Waals surface area contributed by atoms with E-state index in [9.17, 15) is 17.6 Å². The van der Waals surface area contributed by atoms with Crippen molar-refractivity contribution in [3.63, 3.8) is 0 Å². The number of halogens is 4. The number of hydrogen-bond donors (Lipinski definition) is 1. The molecule has 1 rings (SSSR count). The average molecular weight is 194 g/mol. The number of benzene rings is 1. The van der Waals surface area contributed by atoms with Crippen LogP contribution >= 0.6 is 0 Å². The first-order chi connectivity index (χ1) is 5.93. The molecule has 0 amide bonds. The summed E-state index contributed by atoms with van der Waals surface area (Å²) in [5.41, 5.74) is -0.755. The van der Waals surface area contributed by atoms with Crippen LogP contribution in [0.2, 0.25) is 0 Å². The molecular formula is C8H6F4O. The van der Waals surface area contributed by atoms with E-state index in [-0.39, 0.29) is 0 Å². The van der Waals surface area contributed by atoms with Crippen LogP contribution in [-0.4, -0.2) is 11.3 Å². The lowest BCUT2D eigenvalue weighted by atomic mass is 10.1. The highest BCUT2D eigenvalue weighted by Gasteiger charge is 2.42. The van der Waals surface area contributed by atoms with E-state index in [1.54, 1.807) is 0 Å². The van der Waals surface area contributed by atoms with Gasteiger partial charge in [-0.1, -0.05) is 18.2 Å². The van der Waals surface area contributed by atoms with Crippen molar-refractivity contribution in [1.29, 1.82) is 0 Å². The largest absolute Gasteiger partial charge is 0.508 e. The summed E-state index contributed by atoms with van der Waals surface area (Å²) in [4.78, 5) is 0. The normalized spacial score (nSPS) is 14.2. The van der Waals surface area contributed by atoms with Crippen molar-refractivity contribution in [2.45, 2.75) is 12.3 Å². The lowest BCUT2D eigenvalue weighted by Gasteiger charge is -2.13. The van der Waals surface area contributed by atoms with E-state index in [0.29, 0.717) is 0 Å². The first-order valence-electron chi connectivity index (χ1n) is 3.41. The fourth-order valence-electron chi connectivity index (χ4n) is 0.878. The van der Waals surface area contributed by atoms with Gasteiger partial charge < -0.3 is 5.11 Å². The van der Waals surface area contributed by atoms with Crippen molar-refractivity contribution in [3.8, 4) is 5.75 Å². The Bertz CT molecular complexity index is 294. The second kappa shape index (κ2) is 3.24. The zero-order valence-corrected chi connectivity index (χ0v) is 6.35. The van der Waals surface area contributed by atoms with Crippen molar-refractivity contribution in [2.75, 3.05) is 0 Å². The molecule has 1 aromatic carbocycles. The second-order valence-electron chi connectivity index (χ2n) is 2.46. The van der Waals surface area contributed by atoms with Gasteiger partial charge in [0.15, 0.2) is 0 Å². The predicted molar refractivity (Wildman–Crippen MR) is 38.0 cm³/mol. The third-order valence-corrected chi connectivity index (χ3v) is 1.50. The summed E-state index contributed by atoms with van der Waals surface area (Å²) in [6, 6.07) is 4.45. The molecule has 0 fully saturated rings. The summed E-state index contributed by atoms with van der Waals surface area (Å²) >= 11 is 0. The summed E-state index contributed by atoms with van der Waals surface area (Å²) in [5.74, 6) is -0.688. The fraction of sp³-hybridized carbons (Fsp3) is 0.250. The van der Waals surface area contributed by atoms with Gasteiger partial charge in [-0.05, 0) is 6.07 Å². The van der Waals surface area contributed by atoms with Gasteiger partial charge in [0.1, 0.15) is 5.75 Å². The van der Waals surface area contributed by atoms with Gasteiger partial charge in [-0.3, -0.25) is 0 Å². The molecule has 0 saturated carbocycles. The number of para-hydroxylation sites is 1. The monoisotopic (exact) mass is 194 g/mol. The zero-order chi connectivity index (χ0) is 10.1. The molecule has 1 aromatic rings. The van der Waals surface area contributed by atoms with E-state index in [4.69, 9.17) is 5.11 Å². The van der Waals surface area contributed by atoms with Gasteiger partial charge >= 0.3 is 6.18 Å². The van der Waals surface area contributed by atoms with Gasteiger partial charge in [0.25, 0.3) is 0 Å². The molecule has 0 aliphatic rings. The molecular weight excluding hydrogens is 188 g/mol. The van der Waals surface area contributed by atoms with Gasteiger partial charge in [0.05, 0.1) is 0 Å². The molecule has 1 atom stereocenters. The lowest BCUT2D eigenvalue weighted by Crippen LogP contribution is -2.16. The smallest absolute Gasteiger partial charge is 0.424 e. The van der Waals surface area contributed by atoms with Crippen LogP contribution in [0.1, 0.15) is 11.7 Å². The van der Waals surface area contributed by atoms with E-state index in [0.717, 1.165) is 12.1 Å². The Morgan fingerprint density at radius 3 is 2.15 bits per heavy atom. The predicted octanol–water partition coefficient (Wildman–Crippen LogP) is 2.97. The molecule has 1 N–H and O–H groups in total. The van der Waals surface area contributed by atoms with Crippen molar-refractivity contribution < 1.29 is 22.7 Å². The molecule has 72 valence electrons. The van der Waals surface area contributed by atoms with Crippen molar-refractivity contribution in [3.05, 3.63) is 29.8 Å². The quantitative estimate of drug-likeness (QED) is 0.681. The van der Waals surface area contributed by atoms with Crippen molar-refractivity contribution in [1.82, 2.24) is 0 Å². The highest BCUT2D eigenvalue weighted by atomic mass is 19.4. The highest BCUT2D eigenvalue weighted by molar-refractivity contribution is 5.34. The number of phenolic OH excluding ortho intramolecular Hbond substituents is 1. The maximum atomic E-state index is 12.6. The van der Waals surface area contributed by atoms with Crippen LogP contribution in [0.4, 0.5) is 17.6 Å². The molecule has 0 aliphatic carbocycles. The SMILES string of the molecule is Oc1ccccc1C(F)C(F)(F)F. The molecule has 13 heavy (non-hydrogen) atoms. The molecule has 1 unspecified atom stereocenters. The summed E-state index contributed by atoms with van der Waals surface area (Å²) in [6.07, 6.45) is -8.10. The van der Waals surface area contributed by atoms with Gasteiger partial charge in [-0.15, -0.1) is 0 Å². The van der Waals surface area contributed by atoms with E-state index in [2.05, 4.69) is 0 Å². The first kappa shape index (κ1) is 9.83. The topological polar surface area (TPSA) is 20.2 Å². The molecule has 0 radical (unpaired) electrons. The molecule has 0 bridgehead atoms. The number of rotatable bonds is 1. The van der Waals surface area contributed by atoms with Crippen molar-refractivity contribution in [2.24, 2.45) is 0 Å². The van der Waals surface area contributed by atoms with Gasteiger partial charge in [0, 0.05) is 5.56 Å². The first-order valence-corrected chi connectivity index (χ1v) is 3.41. The van der Waals surface area contributed by atoms with Gasteiger partial charge in [0.2, 0.25) is 6.17 Å². The van der Waals surface area contributed by atoms with Crippen LogP contribution in [0.15, 0.2) is 24.3 Å². The summed E-state index contributed by atoms with van der Waals surface area (Å²) in [7, 11) is 0. The summed E-state index contributed by atoms with van der Waals surface area (Å²) < 4.78 is 48.1. The minimum absolute atomic E-state index is 0.688. The Morgan fingerprint density at radius 1 is 1.15 bits per heavy atom. The highest BCUT2D eigenvalue weighted by Crippen LogP contribution is 2.39. The molecule has 5 heteroatoms. The zero-order valence-electron chi connectivity index (χ0n) is 6.35. The Balaban J connectivity index is 3.02. The molecule has 0 spiro atoms. The third-order valence-electron chi connectivity index (χ3n) is 1.50. The molecule has 0 aliphatic heterocycles. The third kappa shape index (κ3) is 2.11. The van der Waals surface area contributed by atoms with E-state index in [1.165, 1.54) is 12.1 Å². The standard InChI is InChI=1S/C8H6F4O/c9-7(8(10,11)12)5-3-1-2-4-6(5)13/h1-4,7,13H. The Morgan fingerprint density at radius 2 is 1.69 bits per heavy atom. The van der Waals surface area contributed by atoms with Gasteiger partial charge in [-0.25, -0.2) is 4.39 Å². The Hall–Kier alpha value is -1.26. The summed E-state index contributed by atoms with van der Waals surface area (Å²) in [5, 5.41) is 8.90. The van der Waals surface area contributed by atoms with Crippen LogP contribution in [-0.2, 0) is 0 Å². The molecule has 0 heterocycles. The summed E-state index contributed by atoms with van der Waals surface area (Å²) in [6.45, 7) is 0. The Kier molecular flexibility index (Phi) is 2.45. The van der Waals surface area contributed by atoms with Crippen LogP contribution in [0.3, 0.4) is 0 Å². The van der Waals surface area contributed by atoms with Crippen LogP contribution in [0, 0.1) is 0 Å². The molecule has 0 saturated heterocycles. The van der Waals surface area contributed by atoms with Crippen LogP contribution < -0.4 is 0 Å². The Labute approximate surface area is 71.6 Å². The van der Waals surface area contributed by atoms with Crippen LogP contribution in [0.5, 0.6) is 5.75 Å². The molecule has 1 nitrogen and oxygen atoms in total. The van der Waals surface area contributed by atoms with E-state index >= 15 is 0 Å². The number of phenols is 1. The average Bonchev–Trinajstić information content (AvgIpc) is 2.02. The minimum atomic E-state index is -4.97. The number of aromatic hydroxyl groups is 1. The fourth-order valence-corrected chi connectivity index (χ4v) is 0.878. The number of alkyl halides is 4. The van der Waals surface area contributed by atoms with E-state index < -0.39 is 23.7 Å². The molecule has 0 aromatic heterocycles. The second-order valence-corrected chi connectivity index (χ2v) is 2.46. The van der Waals surface area contributed by atoms with E-state index in [1.807, 2.05) is 0 Å². The maximum Gasteiger partial charge on any atom is 0.424 e. The van der Waals surface area contributed by atoms with Gasteiger partial charge in [-0.2, -0.15) is 13.2 Å². The van der Waals surface area contributed by atoms with Crippen LogP contribution in [0.25, 0.3) is 0 Å². The minimum Gasteiger partial charge on any atom is -0.508 e. The number of hydrogen-bond acceptors (Lipinski definition) is 1. The lowest BCUT2D eigenvalue weighted by molar-refractivity contribution is -0.183. The van der Waals surface area contributed by atoms with Crippen molar-refractivity contribution >= 4 is 0 Å².